The summed E-state index contributed by atoms with van der Waals surface area (Å²) in [5.74, 6) is 1.35. The SMILES string of the molecule is C=CCn1c(=NC(=O)CCCSCc2ccccc2)sc2cc(C(=O)OC)ccc21. The highest BCUT2D eigenvalue weighted by Crippen LogP contribution is 2.20. The van der Waals surface area contributed by atoms with Gasteiger partial charge in [-0.2, -0.15) is 16.8 Å². The first-order chi connectivity index (χ1) is 14.6. The lowest BCUT2D eigenvalue weighted by atomic mass is 10.2. The van der Waals surface area contributed by atoms with Gasteiger partial charge in [0.1, 0.15) is 0 Å². The predicted octanol–water partition coefficient (Wildman–Crippen LogP) is 4.82. The van der Waals surface area contributed by atoms with Gasteiger partial charge in [-0.15, -0.1) is 6.58 Å². The molecule has 3 rings (SSSR count). The lowest BCUT2D eigenvalue weighted by molar-refractivity contribution is -0.118. The molecule has 0 unspecified atom stereocenters. The van der Waals surface area contributed by atoms with Crippen LogP contribution in [-0.2, 0) is 21.8 Å². The van der Waals surface area contributed by atoms with Crippen LogP contribution in [0.4, 0.5) is 0 Å². The van der Waals surface area contributed by atoms with Crippen LogP contribution in [0, 0.1) is 0 Å². The summed E-state index contributed by atoms with van der Waals surface area (Å²) in [6.07, 6.45) is 2.97. The van der Waals surface area contributed by atoms with Gasteiger partial charge in [-0.3, -0.25) is 4.79 Å². The third-order valence-corrected chi connectivity index (χ3v) is 6.58. The van der Waals surface area contributed by atoms with Crippen LogP contribution in [0.15, 0.2) is 66.2 Å². The lowest BCUT2D eigenvalue weighted by Crippen LogP contribution is -2.16. The summed E-state index contributed by atoms with van der Waals surface area (Å²) in [6.45, 7) is 4.34. The van der Waals surface area contributed by atoms with Crippen LogP contribution in [0.5, 0.6) is 0 Å². The van der Waals surface area contributed by atoms with Crippen molar-refractivity contribution in [2.45, 2.75) is 25.1 Å². The average Bonchev–Trinajstić information content (AvgIpc) is 3.10. The number of hydrogen-bond acceptors (Lipinski definition) is 5. The Hall–Kier alpha value is -2.64. The van der Waals surface area contributed by atoms with Gasteiger partial charge in [0.25, 0.3) is 0 Å². The molecule has 2 aromatic carbocycles. The topological polar surface area (TPSA) is 60.7 Å². The molecule has 1 amide bonds. The Morgan fingerprint density at radius 1 is 1.23 bits per heavy atom. The van der Waals surface area contributed by atoms with Crippen molar-refractivity contribution >= 4 is 45.2 Å². The number of nitrogens with zero attached hydrogens (tertiary/aromatic N) is 2. The predicted molar refractivity (Wildman–Crippen MR) is 124 cm³/mol. The molecule has 0 N–H and O–H groups in total. The highest BCUT2D eigenvalue weighted by molar-refractivity contribution is 7.98. The molecule has 0 saturated heterocycles. The van der Waals surface area contributed by atoms with Crippen molar-refractivity contribution in [3.63, 3.8) is 0 Å². The molecule has 0 radical (unpaired) electrons. The van der Waals surface area contributed by atoms with E-state index in [1.54, 1.807) is 18.2 Å². The summed E-state index contributed by atoms with van der Waals surface area (Å²) in [6, 6.07) is 15.7. The number of methoxy groups -OCH3 is 1. The minimum Gasteiger partial charge on any atom is -0.465 e. The summed E-state index contributed by atoms with van der Waals surface area (Å²) in [7, 11) is 1.36. The molecule has 0 aliphatic carbocycles. The highest BCUT2D eigenvalue weighted by atomic mass is 32.2. The molecule has 0 aliphatic rings. The molecular formula is C23H24N2O3S2. The standard InChI is InChI=1S/C23H24N2O3S2/c1-3-13-25-19-12-11-18(22(27)28-2)15-20(19)30-23(25)24-21(26)10-7-14-29-16-17-8-5-4-6-9-17/h3-6,8-9,11-12,15H,1,7,10,13-14,16H2,2H3. The Bertz CT molecular complexity index is 1100. The monoisotopic (exact) mass is 440 g/mol. The van der Waals surface area contributed by atoms with Crippen molar-refractivity contribution in [3.8, 4) is 0 Å². The zero-order valence-electron chi connectivity index (χ0n) is 16.9. The molecule has 0 saturated carbocycles. The summed E-state index contributed by atoms with van der Waals surface area (Å²) < 4.78 is 7.61. The van der Waals surface area contributed by atoms with E-state index in [9.17, 15) is 9.59 Å². The number of carbonyl (C=O) groups excluding carboxylic acids is 2. The van der Waals surface area contributed by atoms with E-state index in [-0.39, 0.29) is 11.9 Å². The second-order valence-corrected chi connectivity index (χ2v) is 8.72. The van der Waals surface area contributed by atoms with E-state index in [0.717, 1.165) is 28.1 Å². The number of thiazole rings is 1. The summed E-state index contributed by atoms with van der Waals surface area (Å²) in [5, 5.41) is 0. The first-order valence-electron chi connectivity index (χ1n) is 9.64. The Balaban J connectivity index is 1.67. The van der Waals surface area contributed by atoms with E-state index in [1.807, 2.05) is 40.6 Å². The van der Waals surface area contributed by atoms with Crippen LogP contribution in [-0.4, -0.2) is 29.3 Å². The number of thioether (sulfide) groups is 1. The fraction of sp³-hybridized carbons (Fsp3) is 0.261. The number of benzene rings is 2. The van der Waals surface area contributed by atoms with Gasteiger partial charge in [-0.05, 0) is 35.9 Å². The van der Waals surface area contributed by atoms with Crippen molar-refractivity contribution in [1.82, 2.24) is 4.57 Å². The van der Waals surface area contributed by atoms with Crippen LogP contribution >= 0.6 is 23.1 Å². The van der Waals surface area contributed by atoms with Gasteiger partial charge in [0.2, 0.25) is 5.91 Å². The Morgan fingerprint density at radius 3 is 2.77 bits per heavy atom. The molecule has 0 bridgehead atoms. The van der Waals surface area contributed by atoms with Gasteiger partial charge in [0, 0.05) is 18.7 Å². The first-order valence-corrected chi connectivity index (χ1v) is 11.6. The molecule has 0 fully saturated rings. The number of allylic oxidation sites excluding steroid dienone is 1. The normalized spacial score (nSPS) is 11.6. The summed E-state index contributed by atoms with van der Waals surface area (Å²) in [4.78, 5) is 29.2. The maximum absolute atomic E-state index is 12.4. The number of ether oxygens (including phenoxy) is 1. The maximum atomic E-state index is 12.4. The number of fused-ring (bicyclic) bond motifs is 1. The molecule has 3 aromatic rings. The number of hydrogen-bond donors (Lipinski definition) is 0. The fourth-order valence-electron chi connectivity index (χ4n) is 2.96. The smallest absolute Gasteiger partial charge is 0.337 e. The minimum absolute atomic E-state index is 0.132. The molecule has 30 heavy (non-hydrogen) atoms. The van der Waals surface area contributed by atoms with E-state index in [1.165, 1.54) is 24.0 Å². The second-order valence-electron chi connectivity index (χ2n) is 6.61. The lowest BCUT2D eigenvalue weighted by Gasteiger charge is -2.02. The molecule has 0 aliphatic heterocycles. The van der Waals surface area contributed by atoms with E-state index >= 15 is 0 Å². The molecule has 1 aromatic heterocycles. The number of carbonyl (C=O) groups is 2. The first kappa shape index (κ1) is 22.1. The van der Waals surface area contributed by atoms with Gasteiger partial charge >= 0.3 is 5.97 Å². The summed E-state index contributed by atoms with van der Waals surface area (Å²) >= 11 is 3.21. The van der Waals surface area contributed by atoms with Crippen LogP contribution < -0.4 is 4.80 Å². The third-order valence-electron chi connectivity index (χ3n) is 4.43. The van der Waals surface area contributed by atoms with E-state index in [0.29, 0.717) is 23.3 Å². The molecule has 0 spiro atoms. The molecule has 1 heterocycles. The third kappa shape index (κ3) is 5.70. The Labute approximate surface area is 184 Å². The van der Waals surface area contributed by atoms with Gasteiger partial charge in [0.05, 0.1) is 22.9 Å². The van der Waals surface area contributed by atoms with Gasteiger partial charge < -0.3 is 9.30 Å². The highest BCUT2D eigenvalue weighted by Gasteiger charge is 2.11. The maximum Gasteiger partial charge on any atom is 0.337 e. The Morgan fingerprint density at radius 2 is 2.03 bits per heavy atom. The van der Waals surface area contributed by atoms with Crippen LogP contribution in [0.3, 0.4) is 0 Å². The van der Waals surface area contributed by atoms with Crippen molar-refractivity contribution in [2.75, 3.05) is 12.9 Å². The molecule has 0 atom stereocenters. The van der Waals surface area contributed by atoms with Crippen LogP contribution in [0.2, 0.25) is 0 Å². The summed E-state index contributed by atoms with van der Waals surface area (Å²) in [5.41, 5.74) is 2.68. The van der Waals surface area contributed by atoms with E-state index in [2.05, 4.69) is 23.7 Å². The zero-order chi connectivity index (χ0) is 21.3. The number of esters is 1. The largest absolute Gasteiger partial charge is 0.465 e. The van der Waals surface area contributed by atoms with Crippen LogP contribution in [0.1, 0.15) is 28.8 Å². The number of amides is 1. The van der Waals surface area contributed by atoms with Gasteiger partial charge in [0.15, 0.2) is 4.80 Å². The van der Waals surface area contributed by atoms with E-state index < -0.39 is 0 Å². The molecule has 156 valence electrons. The second kappa shape index (κ2) is 10.9. The molecular weight excluding hydrogens is 416 g/mol. The van der Waals surface area contributed by atoms with Crippen molar-refractivity contribution < 1.29 is 14.3 Å². The van der Waals surface area contributed by atoms with Crippen molar-refractivity contribution in [1.29, 1.82) is 0 Å². The van der Waals surface area contributed by atoms with E-state index in [4.69, 9.17) is 4.74 Å². The van der Waals surface area contributed by atoms with Crippen molar-refractivity contribution in [2.24, 2.45) is 4.99 Å². The minimum atomic E-state index is -0.386. The number of rotatable bonds is 9. The molecule has 5 nitrogen and oxygen atoms in total. The quantitative estimate of drug-likeness (QED) is 0.272. The van der Waals surface area contributed by atoms with Gasteiger partial charge in [-0.1, -0.05) is 47.7 Å². The fourth-order valence-corrected chi connectivity index (χ4v) is 4.98. The Kier molecular flexibility index (Phi) is 8.04. The van der Waals surface area contributed by atoms with Crippen LogP contribution in [0.25, 0.3) is 10.2 Å². The average molecular weight is 441 g/mol. The van der Waals surface area contributed by atoms with Crippen molar-refractivity contribution in [3.05, 3.63) is 77.1 Å². The van der Waals surface area contributed by atoms with Gasteiger partial charge in [-0.25, -0.2) is 4.79 Å². The number of aromatic nitrogens is 1. The molecule has 7 heteroatoms. The zero-order valence-corrected chi connectivity index (χ0v) is 18.5.